The number of fused-ring (bicyclic) bond motifs is 1. The molecular formula is C11H12BrNO. The Labute approximate surface area is 92.0 Å². The van der Waals surface area contributed by atoms with Crippen LogP contribution in [0.2, 0.25) is 0 Å². The van der Waals surface area contributed by atoms with Gasteiger partial charge in [-0.05, 0) is 37.1 Å². The van der Waals surface area contributed by atoms with Crippen LogP contribution in [0, 0.1) is 0 Å². The zero-order valence-corrected chi connectivity index (χ0v) is 9.67. The molecule has 0 atom stereocenters. The van der Waals surface area contributed by atoms with Crippen molar-refractivity contribution in [2.45, 2.75) is 19.8 Å². The molecule has 2 nitrogen and oxygen atoms in total. The molecule has 0 unspecified atom stereocenters. The number of carbonyl (C=O) groups excluding carboxylic acids is 1. The predicted molar refractivity (Wildman–Crippen MR) is 60.5 cm³/mol. The number of anilines is 1. The second-order valence-corrected chi connectivity index (χ2v) is 4.33. The molecular weight excluding hydrogens is 242 g/mol. The summed E-state index contributed by atoms with van der Waals surface area (Å²) in [6, 6.07) is 6.10. The zero-order valence-electron chi connectivity index (χ0n) is 8.09. The largest absolute Gasteiger partial charge is 0.312 e. The highest BCUT2D eigenvalue weighted by Gasteiger charge is 2.22. The van der Waals surface area contributed by atoms with Gasteiger partial charge in [-0.3, -0.25) is 4.79 Å². The Hall–Kier alpha value is -0.830. The third-order valence-electron chi connectivity index (χ3n) is 2.56. The minimum Gasteiger partial charge on any atom is -0.312 e. The van der Waals surface area contributed by atoms with Gasteiger partial charge in [0.05, 0.1) is 0 Å². The number of hydrogen-bond acceptors (Lipinski definition) is 1. The molecule has 0 aliphatic carbocycles. The molecule has 0 aromatic heterocycles. The lowest BCUT2D eigenvalue weighted by Gasteiger charge is -2.28. The number of aryl methyl sites for hydroxylation is 1. The average Bonchev–Trinajstić information content (AvgIpc) is 2.18. The Morgan fingerprint density at radius 1 is 1.43 bits per heavy atom. The van der Waals surface area contributed by atoms with Crippen molar-refractivity contribution in [3.63, 3.8) is 0 Å². The number of hydrogen-bond donors (Lipinski definition) is 0. The van der Waals surface area contributed by atoms with E-state index in [1.165, 1.54) is 5.56 Å². The van der Waals surface area contributed by atoms with Crippen molar-refractivity contribution in [1.29, 1.82) is 0 Å². The number of carbonyl (C=O) groups is 1. The maximum Gasteiger partial charge on any atom is 0.227 e. The predicted octanol–water partition coefficient (Wildman–Crippen LogP) is 2.75. The summed E-state index contributed by atoms with van der Waals surface area (Å²) >= 11 is 3.44. The van der Waals surface area contributed by atoms with E-state index in [0.717, 1.165) is 23.1 Å². The van der Waals surface area contributed by atoms with Gasteiger partial charge in [0.1, 0.15) is 0 Å². The minimum atomic E-state index is 0.238. The summed E-state index contributed by atoms with van der Waals surface area (Å²) in [6.07, 6.45) is 1.50. The first-order chi connectivity index (χ1) is 6.72. The van der Waals surface area contributed by atoms with Crippen molar-refractivity contribution in [3.8, 4) is 0 Å². The standard InChI is InChI=1S/C11H12BrNO/c1-2-13-10-5-4-9(12)7-8(10)3-6-11(13)14/h4-5,7H,2-3,6H2,1H3. The molecule has 74 valence electrons. The van der Waals surface area contributed by atoms with Gasteiger partial charge < -0.3 is 4.90 Å². The van der Waals surface area contributed by atoms with E-state index in [2.05, 4.69) is 22.0 Å². The van der Waals surface area contributed by atoms with Crippen LogP contribution in [-0.2, 0) is 11.2 Å². The molecule has 0 spiro atoms. The number of nitrogens with zero attached hydrogens (tertiary/aromatic N) is 1. The molecule has 0 saturated heterocycles. The van der Waals surface area contributed by atoms with E-state index in [9.17, 15) is 4.79 Å². The summed E-state index contributed by atoms with van der Waals surface area (Å²) in [6.45, 7) is 2.77. The lowest BCUT2D eigenvalue weighted by molar-refractivity contribution is -0.118. The summed E-state index contributed by atoms with van der Waals surface area (Å²) in [5.41, 5.74) is 2.34. The van der Waals surface area contributed by atoms with Crippen LogP contribution in [0.3, 0.4) is 0 Å². The van der Waals surface area contributed by atoms with Gasteiger partial charge in [0.2, 0.25) is 5.91 Å². The van der Waals surface area contributed by atoms with Crippen LogP contribution in [0.4, 0.5) is 5.69 Å². The van der Waals surface area contributed by atoms with Gasteiger partial charge in [-0.2, -0.15) is 0 Å². The van der Waals surface area contributed by atoms with Crippen LogP contribution in [0.25, 0.3) is 0 Å². The first kappa shape index (κ1) is 9.71. The number of halogens is 1. The van der Waals surface area contributed by atoms with E-state index in [4.69, 9.17) is 0 Å². The van der Waals surface area contributed by atoms with E-state index in [-0.39, 0.29) is 5.91 Å². The second kappa shape index (κ2) is 3.73. The van der Waals surface area contributed by atoms with Gasteiger partial charge in [-0.15, -0.1) is 0 Å². The van der Waals surface area contributed by atoms with Gasteiger partial charge in [0.15, 0.2) is 0 Å². The molecule has 2 rings (SSSR count). The molecule has 0 radical (unpaired) electrons. The summed E-state index contributed by atoms with van der Waals surface area (Å²) in [4.78, 5) is 13.4. The summed E-state index contributed by atoms with van der Waals surface area (Å²) in [5.74, 6) is 0.238. The van der Waals surface area contributed by atoms with Crippen LogP contribution in [-0.4, -0.2) is 12.5 Å². The Morgan fingerprint density at radius 3 is 2.93 bits per heavy atom. The highest BCUT2D eigenvalue weighted by Crippen LogP contribution is 2.29. The van der Waals surface area contributed by atoms with E-state index in [0.29, 0.717) is 6.42 Å². The maximum absolute atomic E-state index is 11.6. The SMILES string of the molecule is CCN1C(=O)CCc2cc(Br)ccc21. The Morgan fingerprint density at radius 2 is 2.21 bits per heavy atom. The Bertz CT molecular complexity index is 376. The molecule has 1 aliphatic heterocycles. The lowest BCUT2D eigenvalue weighted by atomic mass is 10.0. The van der Waals surface area contributed by atoms with Crippen molar-refractivity contribution < 1.29 is 4.79 Å². The molecule has 1 amide bonds. The normalized spacial score (nSPS) is 15.6. The summed E-state index contributed by atoms with van der Waals surface area (Å²) in [7, 11) is 0. The molecule has 1 aromatic carbocycles. The van der Waals surface area contributed by atoms with E-state index >= 15 is 0 Å². The van der Waals surface area contributed by atoms with Crippen LogP contribution in [0.15, 0.2) is 22.7 Å². The maximum atomic E-state index is 11.6. The highest BCUT2D eigenvalue weighted by molar-refractivity contribution is 9.10. The lowest BCUT2D eigenvalue weighted by Crippen LogP contribution is -2.34. The van der Waals surface area contributed by atoms with Gasteiger partial charge in [-0.1, -0.05) is 15.9 Å². The first-order valence-electron chi connectivity index (χ1n) is 4.81. The third kappa shape index (κ3) is 1.57. The van der Waals surface area contributed by atoms with Crippen LogP contribution in [0.1, 0.15) is 18.9 Å². The molecule has 1 heterocycles. The highest BCUT2D eigenvalue weighted by atomic mass is 79.9. The molecule has 1 aromatic rings. The van der Waals surface area contributed by atoms with Crippen LogP contribution in [0.5, 0.6) is 0 Å². The van der Waals surface area contributed by atoms with Gasteiger partial charge in [0, 0.05) is 23.1 Å². The number of rotatable bonds is 1. The summed E-state index contributed by atoms with van der Waals surface area (Å²) in [5, 5.41) is 0. The first-order valence-corrected chi connectivity index (χ1v) is 5.60. The third-order valence-corrected chi connectivity index (χ3v) is 3.05. The topological polar surface area (TPSA) is 20.3 Å². The zero-order chi connectivity index (χ0) is 10.1. The fraction of sp³-hybridized carbons (Fsp3) is 0.364. The monoisotopic (exact) mass is 253 g/mol. The fourth-order valence-electron chi connectivity index (χ4n) is 1.88. The summed E-state index contributed by atoms with van der Waals surface area (Å²) < 4.78 is 1.08. The van der Waals surface area contributed by atoms with Gasteiger partial charge in [-0.25, -0.2) is 0 Å². The molecule has 0 saturated carbocycles. The van der Waals surface area contributed by atoms with Crippen molar-refractivity contribution in [2.75, 3.05) is 11.4 Å². The van der Waals surface area contributed by atoms with E-state index in [1.54, 1.807) is 0 Å². The van der Waals surface area contributed by atoms with Crippen molar-refractivity contribution >= 4 is 27.5 Å². The number of benzene rings is 1. The molecule has 0 fully saturated rings. The van der Waals surface area contributed by atoms with Crippen molar-refractivity contribution in [2.24, 2.45) is 0 Å². The fourth-order valence-corrected chi connectivity index (χ4v) is 2.28. The van der Waals surface area contributed by atoms with Gasteiger partial charge in [0.25, 0.3) is 0 Å². The minimum absolute atomic E-state index is 0.238. The quantitative estimate of drug-likeness (QED) is 0.754. The van der Waals surface area contributed by atoms with Crippen molar-refractivity contribution in [1.82, 2.24) is 0 Å². The molecule has 0 bridgehead atoms. The molecule has 14 heavy (non-hydrogen) atoms. The molecule has 1 aliphatic rings. The van der Waals surface area contributed by atoms with Gasteiger partial charge >= 0.3 is 0 Å². The molecule has 3 heteroatoms. The average molecular weight is 254 g/mol. The Kier molecular flexibility index (Phi) is 2.59. The van der Waals surface area contributed by atoms with Crippen LogP contribution >= 0.6 is 15.9 Å². The van der Waals surface area contributed by atoms with Crippen LogP contribution < -0.4 is 4.90 Å². The van der Waals surface area contributed by atoms with Crippen molar-refractivity contribution in [3.05, 3.63) is 28.2 Å². The second-order valence-electron chi connectivity index (χ2n) is 3.41. The Balaban J connectivity index is 2.47. The number of amides is 1. The van der Waals surface area contributed by atoms with E-state index < -0.39 is 0 Å². The smallest absolute Gasteiger partial charge is 0.227 e. The van der Waals surface area contributed by atoms with E-state index in [1.807, 2.05) is 24.0 Å². The molecule has 0 N–H and O–H groups in total.